The van der Waals surface area contributed by atoms with Crippen molar-refractivity contribution in [3.63, 3.8) is 0 Å². The van der Waals surface area contributed by atoms with Gasteiger partial charge >= 0.3 is 0 Å². The minimum absolute atomic E-state index is 0.210. The Bertz CT molecular complexity index is 1010. The summed E-state index contributed by atoms with van der Waals surface area (Å²) in [7, 11) is 1.62. The Morgan fingerprint density at radius 3 is 2.30 bits per heavy atom. The first-order chi connectivity index (χ1) is 13.3. The Morgan fingerprint density at radius 1 is 0.778 bits per heavy atom. The number of methoxy groups -OCH3 is 1. The molecule has 4 aromatic rings. The van der Waals surface area contributed by atoms with Gasteiger partial charge in [0, 0.05) is 5.56 Å². The Kier molecular flexibility index (Phi) is 4.83. The van der Waals surface area contributed by atoms with Crippen LogP contribution in [-0.4, -0.2) is 17.3 Å². The van der Waals surface area contributed by atoms with Crippen LogP contribution < -0.4 is 9.47 Å². The van der Waals surface area contributed by atoms with Crippen LogP contribution in [0.25, 0.3) is 22.5 Å². The van der Waals surface area contributed by atoms with E-state index in [1.54, 1.807) is 7.11 Å². The van der Waals surface area contributed by atoms with E-state index in [-0.39, 0.29) is 6.61 Å². The number of hydrogen-bond donors (Lipinski definition) is 0. The fourth-order valence-electron chi connectivity index (χ4n) is 2.71. The van der Waals surface area contributed by atoms with E-state index in [4.69, 9.17) is 14.0 Å². The molecule has 4 rings (SSSR count). The number of hydrogen-bond acceptors (Lipinski definition) is 5. The van der Waals surface area contributed by atoms with E-state index in [9.17, 15) is 0 Å². The summed E-state index contributed by atoms with van der Waals surface area (Å²) in [5.74, 6) is 2.41. The SMILES string of the molecule is COc1cccc(-c2noc(COc3ccc(-c4ccccc4)cc3)n2)c1. The zero-order valence-corrected chi connectivity index (χ0v) is 14.8. The van der Waals surface area contributed by atoms with Crippen molar-refractivity contribution in [2.75, 3.05) is 7.11 Å². The van der Waals surface area contributed by atoms with Gasteiger partial charge in [0.1, 0.15) is 11.5 Å². The topological polar surface area (TPSA) is 57.4 Å². The Hall–Kier alpha value is -3.60. The van der Waals surface area contributed by atoms with Gasteiger partial charge in [-0.05, 0) is 35.4 Å². The second kappa shape index (κ2) is 7.74. The maximum absolute atomic E-state index is 5.76. The van der Waals surface area contributed by atoms with E-state index in [2.05, 4.69) is 22.3 Å². The van der Waals surface area contributed by atoms with E-state index in [1.807, 2.05) is 66.7 Å². The molecule has 0 aliphatic carbocycles. The van der Waals surface area contributed by atoms with E-state index >= 15 is 0 Å². The second-order valence-electron chi connectivity index (χ2n) is 5.92. The number of nitrogens with zero attached hydrogens (tertiary/aromatic N) is 2. The summed E-state index contributed by atoms with van der Waals surface area (Å²) in [6.07, 6.45) is 0. The predicted molar refractivity (Wildman–Crippen MR) is 102 cm³/mol. The van der Waals surface area contributed by atoms with Crippen LogP contribution in [-0.2, 0) is 6.61 Å². The second-order valence-corrected chi connectivity index (χ2v) is 5.92. The molecule has 0 N–H and O–H groups in total. The Morgan fingerprint density at radius 2 is 1.52 bits per heavy atom. The van der Waals surface area contributed by atoms with Crippen LogP contribution in [0.3, 0.4) is 0 Å². The van der Waals surface area contributed by atoms with Crippen LogP contribution in [0.4, 0.5) is 0 Å². The summed E-state index contributed by atoms with van der Waals surface area (Å²) < 4.78 is 16.3. The summed E-state index contributed by atoms with van der Waals surface area (Å²) in [4.78, 5) is 4.38. The lowest BCUT2D eigenvalue weighted by molar-refractivity contribution is 0.243. The van der Waals surface area contributed by atoms with Crippen molar-refractivity contribution in [3.05, 3.63) is 84.8 Å². The molecule has 0 aliphatic heterocycles. The number of aromatic nitrogens is 2. The number of ether oxygens (including phenoxy) is 2. The molecule has 1 heterocycles. The molecule has 1 aromatic heterocycles. The molecule has 0 unspecified atom stereocenters. The monoisotopic (exact) mass is 358 g/mol. The highest BCUT2D eigenvalue weighted by Gasteiger charge is 2.10. The van der Waals surface area contributed by atoms with Crippen LogP contribution in [0.15, 0.2) is 83.4 Å². The Labute approximate surface area is 157 Å². The third kappa shape index (κ3) is 3.98. The lowest BCUT2D eigenvalue weighted by atomic mass is 10.1. The number of rotatable bonds is 6. The van der Waals surface area contributed by atoms with Gasteiger partial charge in [0.15, 0.2) is 6.61 Å². The molecule has 0 saturated carbocycles. The molecule has 0 bridgehead atoms. The van der Waals surface area contributed by atoms with Crippen molar-refractivity contribution in [1.82, 2.24) is 10.1 Å². The first-order valence-electron chi connectivity index (χ1n) is 8.57. The summed E-state index contributed by atoms with van der Waals surface area (Å²) >= 11 is 0. The van der Waals surface area contributed by atoms with E-state index < -0.39 is 0 Å². The molecule has 5 nitrogen and oxygen atoms in total. The highest BCUT2D eigenvalue weighted by atomic mass is 16.5. The third-order valence-corrected chi connectivity index (χ3v) is 4.12. The van der Waals surface area contributed by atoms with Gasteiger partial charge in [0.05, 0.1) is 7.11 Å². The molecule has 0 aliphatic rings. The lowest BCUT2D eigenvalue weighted by Gasteiger charge is -2.05. The van der Waals surface area contributed by atoms with Gasteiger partial charge in [-0.15, -0.1) is 0 Å². The average Bonchev–Trinajstić information content (AvgIpc) is 3.22. The lowest BCUT2D eigenvalue weighted by Crippen LogP contribution is -1.95. The van der Waals surface area contributed by atoms with E-state index in [1.165, 1.54) is 5.56 Å². The van der Waals surface area contributed by atoms with Crippen molar-refractivity contribution in [3.8, 4) is 34.0 Å². The van der Waals surface area contributed by atoms with Gasteiger partial charge in [-0.3, -0.25) is 0 Å². The van der Waals surface area contributed by atoms with Gasteiger partial charge in [-0.25, -0.2) is 0 Å². The molecule has 27 heavy (non-hydrogen) atoms. The summed E-state index contributed by atoms with van der Waals surface area (Å²) in [6.45, 7) is 0.210. The fourth-order valence-corrected chi connectivity index (χ4v) is 2.71. The van der Waals surface area contributed by atoms with Gasteiger partial charge in [0.2, 0.25) is 5.82 Å². The normalized spacial score (nSPS) is 10.6. The molecule has 0 radical (unpaired) electrons. The maximum atomic E-state index is 5.76. The zero-order chi connectivity index (χ0) is 18.5. The molecule has 0 amide bonds. The smallest absolute Gasteiger partial charge is 0.264 e. The molecule has 0 atom stereocenters. The molecule has 3 aromatic carbocycles. The Balaban J connectivity index is 1.41. The van der Waals surface area contributed by atoms with Crippen molar-refractivity contribution >= 4 is 0 Å². The predicted octanol–water partition coefficient (Wildman–Crippen LogP) is 4.99. The quantitative estimate of drug-likeness (QED) is 0.486. The first-order valence-corrected chi connectivity index (χ1v) is 8.57. The van der Waals surface area contributed by atoms with Gasteiger partial charge in [-0.2, -0.15) is 4.98 Å². The fraction of sp³-hybridized carbons (Fsp3) is 0.0909. The van der Waals surface area contributed by atoms with E-state index in [0.717, 1.165) is 22.6 Å². The van der Waals surface area contributed by atoms with Crippen LogP contribution in [0.2, 0.25) is 0 Å². The average molecular weight is 358 g/mol. The molecular weight excluding hydrogens is 340 g/mol. The standard InChI is InChI=1S/C22H18N2O3/c1-25-20-9-5-8-18(14-20)22-23-21(27-24-22)15-26-19-12-10-17(11-13-19)16-6-3-2-4-7-16/h2-14H,15H2,1H3. The van der Waals surface area contributed by atoms with Crippen molar-refractivity contribution in [2.45, 2.75) is 6.61 Å². The van der Waals surface area contributed by atoms with Crippen molar-refractivity contribution in [1.29, 1.82) is 0 Å². The molecule has 0 fully saturated rings. The largest absolute Gasteiger partial charge is 0.497 e. The summed E-state index contributed by atoms with van der Waals surface area (Å²) in [5, 5.41) is 4.01. The van der Waals surface area contributed by atoms with Gasteiger partial charge < -0.3 is 14.0 Å². The van der Waals surface area contributed by atoms with Gasteiger partial charge in [-0.1, -0.05) is 59.8 Å². The molecule has 0 spiro atoms. The molecule has 5 heteroatoms. The van der Waals surface area contributed by atoms with Crippen LogP contribution in [0, 0.1) is 0 Å². The highest BCUT2D eigenvalue weighted by Crippen LogP contribution is 2.24. The van der Waals surface area contributed by atoms with Crippen LogP contribution in [0.5, 0.6) is 11.5 Å². The molecule has 0 saturated heterocycles. The molecular formula is C22H18N2O3. The highest BCUT2D eigenvalue weighted by molar-refractivity contribution is 5.63. The minimum atomic E-state index is 0.210. The van der Waals surface area contributed by atoms with Crippen molar-refractivity contribution in [2.24, 2.45) is 0 Å². The maximum Gasteiger partial charge on any atom is 0.264 e. The summed E-state index contributed by atoms with van der Waals surface area (Å²) in [6, 6.07) is 25.6. The van der Waals surface area contributed by atoms with Crippen LogP contribution in [0.1, 0.15) is 5.89 Å². The van der Waals surface area contributed by atoms with E-state index in [0.29, 0.717) is 11.7 Å². The molecule has 134 valence electrons. The zero-order valence-electron chi connectivity index (χ0n) is 14.8. The first kappa shape index (κ1) is 16.8. The minimum Gasteiger partial charge on any atom is -0.497 e. The van der Waals surface area contributed by atoms with Gasteiger partial charge in [0.25, 0.3) is 5.89 Å². The number of benzene rings is 3. The third-order valence-electron chi connectivity index (χ3n) is 4.12. The summed E-state index contributed by atoms with van der Waals surface area (Å²) in [5.41, 5.74) is 3.14. The van der Waals surface area contributed by atoms with Crippen molar-refractivity contribution < 1.29 is 14.0 Å². The van der Waals surface area contributed by atoms with Crippen LogP contribution >= 0.6 is 0 Å².